The zero-order valence-corrected chi connectivity index (χ0v) is 14.0. The number of alkyl halides is 1. The summed E-state index contributed by atoms with van der Waals surface area (Å²) >= 11 is 0. The Hall–Kier alpha value is -2.37. The van der Waals surface area contributed by atoms with Crippen LogP contribution in [0.25, 0.3) is 0 Å². The molecule has 2 rings (SSSR count). The summed E-state index contributed by atoms with van der Waals surface area (Å²) in [5.41, 5.74) is 12.6. The maximum atomic E-state index is 13.2. The molecule has 1 aliphatic carbocycles. The van der Waals surface area contributed by atoms with E-state index in [-0.39, 0.29) is 12.0 Å². The van der Waals surface area contributed by atoms with Crippen molar-refractivity contribution in [1.82, 2.24) is 10.7 Å². The predicted octanol–water partition coefficient (Wildman–Crippen LogP) is 2.66. The summed E-state index contributed by atoms with van der Waals surface area (Å²) in [7, 11) is 0. The number of hydrogen-bond donors (Lipinski definition) is 3. The van der Waals surface area contributed by atoms with E-state index in [1.807, 2.05) is 13.0 Å². The molecule has 2 aliphatic rings. The van der Waals surface area contributed by atoms with Gasteiger partial charge in [0.05, 0.1) is 5.57 Å². The fourth-order valence-corrected chi connectivity index (χ4v) is 2.33. The van der Waals surface area contributed by atoms with Crippen molar-refractivity contribution in [1.29, 1.82) is 0 Å². The first-order valence-corrected chi connectivity index (χ1v) is 7.71. The first-order chi connectivity index (χ1) is 10.9. The average molecular weight is 317 g/mol. The third kappa shape index (κ3) is 4.55. The molecule has 2 atom stereocenters. The molecule has 0 fully saturated rings. The fraction of sp³-hybridized carbons (Fsp3) is 0.412. The second-order valence-electron chi connectivity index (χ2n) is 5.83. The van der Waals surface area contributed by atoms with Crippen molar-refractivity contribution in [2.75, 3.05) is 0 Å². The van der Waals surface area contributed by atoms with Gasteiger partial charge in [-0.25, -0.2) is 9.38 Å². The summed E-state index contributed by atoms with van der Waals surface area (Å²) in [6, 6.07) is 0. The molecular weight excluding hydrogens is 293 g/mol. The zero-order chi connectivity index (χ0) is 17.0. The van der Waals surface area contributed by atoms with Gasteiger partial charge in [0.15, 0.2) is 11.7 Å². The van der Waals surface area contributed by atoms with Crippen LogP contribution < -0.4 is 16.5 Å². The van der Waals surface area contributed by atoms with Crippen molar-refractivity contribution >= 4 is 11.7 Å². The lowest BCUT2D eigenvalue weighted by Crippen LogP contribution is -2.27. The largest absolute Gasteiger partial charge is 0.382 e. The Morgan fingerprint density at radius 1 is 1.43 bits per heavy atom. The van der Waals surface area contributed by atoms with E-state index in [0.717, 1.165) is 12.1 Å². The maximum Gasteiger partial charge on any atom is 0.154 e. The van der Waals surface area contributed by atoms with E-state index in [1.165, 1.54) is 24.1 Å². The van der Waals surface area contributed by atoms with Gasteiger partial charge in [0.1, 0.15) is 12.3 Å². The Kier molecular flexibility index (Phi) is 5.36. The number of amidine groups is 2. The van der Waals surface area contributed by atoms with Crippen molar-refractivity contribution in [2.45, 2.75) is 46.5 Å². The minimum Gasteiger partial charge on any atom is -0.382 e. The highest BCUT2D eigenvalue weighted by Crippen LogP contribution is 2.16. The van der Waals surface area contributed by atoms with Crippen LogP contribution in [0.15, 0.2) is 56.8 Å². The molecule has 0 aromatic carbocycles. The maximum absolute atomic E-state index is 13.2. The number of allylic oxidation sites excluding steroid dienone is 6. The van der Waals surface area contributed by atoms with Crippen LogP contribution in [0.5, 0.6) is 0 Å². The second kappa shape index (κ2) is 7.26. The molecule has 0 radical (unpaired) electrons. The number of nitrogens with zero attached hydrogens (tertiary/aromatic N) is 2. The summed E-state index contributed by atoms with van der Waals surface area (Å²) in [4.78, 5) is 4.50. The van der Waals surface area contributed by atoms with Crippen molar-refractivity contribution in [3.63, 3.8) is 0 Å². The summed E-state index contributed by atoms with van der Waals surface area (Å²) in [5.74, 6) is 0.733. The van der Waals surface area contributed by atoms with Crippen molar-refractivity contribution < 1.29 is 4.39 Å². The normalized spacial score (nSPS) is 24.2. The van der Waals surface area contributed by atoms with E-state index in [4.69, 9.17) is 5.73 Å². The fourth-order valence-electron chi connectivity index (χ4n) is 2.33. The quantitative estimate of drug-likeness (QED) is 0.746. The molecule has 1 heterocycles. The Morgan fingerprint density at radius 2 is 2.17 bits per heavy atom. The molecule has 23 heavy (non-hydrogen) atoms. The van der Waals surface area contributed by atoms with Gasteiger partial charge < -0.3 is 11.1 Å². The van der Waals surface area contributed by atoms with E-state index in [2.05, 4.69) is 46.8 Å². The second-order valence-corrected chi connectivity index (χ2v) is 5.83. The van der Waals surface area contributed by atoms with Gasteiger partial charge in [-0.3, -0.25) is 5.43 Å². The van der Waals surface area contributed by atoms with E-state index in [1.54, 1.807) is 0 Å². The SMILES string of the molecule is CC1=C(C)CC=CC(NC(C)/N=C2/NN=C(N)/C2=C/C(C)F)=C1. The Bertz CT molecular complexity index is 650. The number of aliphatic imine (C=N–C) groups is 1. The van der Waals surface area contributed by atoms with Gasteiger partial charge >= 0.3 is 0 Å². The van der Waals surface area contributed by atoms with Crippen LogP contribution in [-0.4, -0.2) is 24.0 Å². The number of nitrogens with one attached hydrogen (secondary N) is 2. The average Bonchev–Trinajstić information content (AvgIpc) is 2.70. The van der Waals surface area contributed by atoms with Crippen LogP contribution in [0.3, 0.4) is 0 Å². The Morgan fingerprint density at radius 3 is 2.87 bits per heavy atom. The predicted molar refractivity (Wildman–Crippen MR) is 93.7 cm³/mol. The van der Waals surface area contributed by atoms with Gasteiger partial charge in [0.25, 0.3) is 0 Å². The van der Waals surface area contributed by atoms with Gasteiger partial charge in [0, 0.05) is 5.70 Å². The number of halogens is 1. The van der Waals surface area contributed by atoms with Gasteiger partial charge in [-0.15, -0.1) is 0 Å². The van der Waals surface area contributed by atoms with E-state index in [9.17, 15) is 4.39 Å². The highest BCUT2D eigenvalue weighted by Gasteiger charge is 2.20. The van der Waals surface area contributed by atoms with Crippen LogP contribution in [0.4, 0.5) is 4.39 Å². The lowest BCUT2D eigenvalue weighted by molar-refractivity contribution is 0.430. The molecule has 124 valence electrons. The molecule has 0 amide bonds. The number of hydrogen-bond acceptors (Lipinski definition) is 4. The van der Waals surface area contributed by atoms with Crippen LogP contribution in [0.1, 0.15) is 34.1 Å². The molecule has 0 aromatic heterocycles. The molecular formula is C17H24FN5. The summed E-state index contributed by atoms with van der Waals surface area (Å²) in [5, 5.41) is 7.23. The number of rotatable bonds is 4. The molecule has 0 spiro atoms. The third-order valence-corrected chi connectivity index (χ3v) is 3.67. The van der Waals surface area contributed by atoms with Crippen molar-refractivity contribution in [3.8, 4) is 0 Å². The van der Waals surface area contributed by atoms with Gasteiger partial charge in [-0.05, 0) is 57.9 Å². The molecule has 1 aliphatic heterocycles. The summed E-state index contributed by atoms with van der Waals surface area (Å²) in [6.45, 7) is 7.58. The third-order valence-electron chi connectivity index (χ3n) is 3.67. The van der Waals surface area contributed by atoms with Gasteiger partial charge in [-0.1, -0.05) is 11.6 Å². The lowest BCUT2D eigenvalue weighted by Gasteiger charge is -2.13. The Balaban J connectivity index is 2.13. The van der Waals surface area contributed by atoms with Crippen molar-refractivity contribution in [2.24, 2.45) is 15.8 Å². The zero-order valence-electron chi connectivity index (χ0n) is 14.0. The topological polar surface area (TPSA) is 74.8 Å². The molecule has 5 nitrogen and oxygen atoms in total. The van der Waals surface area contributed by atoms with E-state index < -0.39 is 6.17 Å². The molecule has 6 heteroatoms. The van der Waals surface area contributed by atoms with E-state index >= 15 is 0 Å². The monoisotopic (exact) mass is 317 g/mol. The van der Waals surface area contributed by atoms with Crippen molar-refractivity contribution in [3.05, 3.63) is 46.7 Å². The lowest BCUT2D eigenvalue weighted by atomic mass is 10.1. The van der Waals surface area contributed by atoms with Gasteiger partial charge in [-0.2, -0.15) is 5.10 Å². The van der Waals surface area contributed by atoms with Crippen LogP contribution >= 0.6 is 0 Å². The number of hydrazone groups is 1. The first kappa shape index (κ1) is 17.0. The molecule has 0 bridgehead atoms. The first-order valence-electron chi connectivity index (χ1n) is 7.71. The smallest absolute Gasteiger partial charge is 0.154 e. The molecule has 0 saturated carbocycles. The molecule has 0 aromatic rings. The standard InChI is InChI=1S/C17H24FN5/c1-10-6-5-7-14(8-11(10)2)20-13(4)21-17-15(9-12(3)18)16(19)22-23-17/h5,7-9,12-13,20H,6H2,1-4H3,(H2,19,22)(H,21,23)/b15-9-. The van der Waals surface area contributed by atoms with Crippen LogP contribution in [0.2, 0.25) is 0 Å². The van der Waals surface area contributed by atoms with Crippen LogP contribution in [0, 0.1) is 0 Å². The summed E-state index contributed by atoms with van der Waals surface area (Å²) < 4.78 is 13.2. The van der Waals surface area contributed by atoms with E-state index in [0.29, 0.717) is 11.4 Å². The van der Waals surface area contributed by atoms with Crippen LogP contribution in [-0.2, 0) is 0 Å². The molecule has 4 N–H and O–H groups in total. The Labute approximate surface area is 136 Å². The van der Waals surface area contributed by atoms with Gasteiger partial charge in [0.2, 0.25) is 0 Å². The summed E-state index contributed by atoms with van der Waals surface area (Å²) in [6.07, 6.45) is 7.30. The number of nitrogens with two attached hydrogens (primary N) is 1. The minimum absolute atomic E-state index is 0.209. The minimum atomic E-state index is -1.12. The molecule has 0 saturated heterocycles. The molecule has 2 unspecified atom stereocenters. The highest BCUT2D eigenvalue weighted by molar-refractivity contribution is 6.25. The highest BCUT2D eigenvalue weighted by atomic mass is 19.1.